The van der Waals surface area contributed by atoms with Crippen LogP contribution in [0, 0.1) is 11.7 Å². The van der Waals surface area contributed by atoms with E-state index in [0.29, 0.717) is 6.54 Å². The molecule has 23 heavy (non-hydrogen) atoms. The van der Waals surface area contributed by atoms with E-state index in [9.17, 15) is 18.8 Å². The van der Waals surface area contributed by atoms with Crippen molar-refractivity contribution in [3.8, 4) is 0 Å². The van der Waals surface area contributed by atoms with Gasteiger partial charge in [0.05, 0.1) is 0 Å². The van der Waals surface area contributed by atoms with Crippen LogP contribution in [0.1, 0.15) is 26.3 Å². The van der Waals surface area contributed by atoms with Crippen LogP contribution in [0.15, 0.2) is 24.3 Å². The molecule has 0 spiro atoms. The maximum absolute atomic E-state index is 14.0. The molecule has 2 N–H and O–H groups in total. The fourth-order valence-electron chi connectivity index (χ4n) is 2.41. The first-order valence-corrected chi connectivity index (χ1v) is 7.41. The Kier molecular flexibility index (Phi) is 4.68. The fourth-order valence-corrected chi connectivity index (χ4v) is 2.41. The van der Waals surface area contributed by atoms with E-state index in [-0.39, 0.29) is 18.0 Å². The minimum atomic E-state index is -1.51. The molecular weight excluding hydrogens is 301 g/mol. The molecule has 1 aromatic rings. The van der Waals surface area contributed by atoms with E-state index < -0.39 is 29.2 Å². The molecule has 1 aliphatic rings. The van der Waals surface area contributed by atoms with E-state index in [1.165, 1.54) is 25.1 Å². The van der Waals surface area contributed by atoms with E-state index in [1.54, 1.807) is 6.07 Å². The highest BCUT2D eigenvalue weighted by Gasteiger charge is 2.50. The molecule has 1 fully saturated rings. The van der Waals surface area contributed by atoms with Crippen LogP contribution >= 0.6 is 0 Å². The Morgan fingerprint density at radius 2 is 2.00 bits per heavy atom. The van der Waals surface area contributed by atoms with Gasteiger partial charge in [-0.25, -0.2) is 9.18 Å². The molecule has 2 rings (SSSR count). The number of carbonyl (C=O) groups is 3. The lowest BCUT2D eigenvalue weighted by Gasteiger charge is -2.22. The summed E-state index contributed by atoms with van der Waals surface area (Å²) in [6.07, 6.45) is 0. The maximum atomic E-state index is 14.0. The summed E-state index contributed by atoms with van der Waals surface area (Å²) >= 11 is 0. The van der Waals surface area contributed by atoms with Gasteiger partial charge >= 0.3 is 6.03 Å². The highest BCUT2D eigenvalue weighted by molar-refractivity contribution is 6.09. The van der Waals surface area contributed by atoms with Crippen LogP contribution in [-0.4, -0.2) is 35.8 Å². The van der Waals surface area contributed by atoms with E-state index in [1.807, 2.05) is 13.8 Å². The highest BCUT2D eigenvalue weighted by atomic mass is 19.1. The standard InChI is InChI=1S/C16H20FN3O3/c1-10(2)8-18-13(21)9-20-14(22)16(3,19-15(20)23)11-6-4-5-7-12(11)17/h4-7,10H,8-9H2,1-3H3,(H,18,21)(H,19,23)/t16-/m1/s1. The second-order valence-electron chi connectivity index (χ2n) is 6.12. The van der Waals surface area contributed by atoms with Gasteiger partial charge in [0.15, 0.2) is 0 Å². The summed E-state index contributed by atoms with van der Waals surface area (Å²) in [5, 5.41) is 5.12. The molecule has 0 unspecified atom stereocenters. The Balaban J connectivity index is 2.17. The number of benzene rings is 1. The van der Waals surface area contributed by atoms with Crippen LogP contribution in [-0.2, 0) is 15.1 Å². The number of hydrogen-bond donors (Lipinski definition) is 2. The number of hydrogen-bond acceptors (Lipinski definition) is 3. The molecule has 0 aliphatic carbocycles. The zero-order chi connectivity index (χ0) is 17.2. The molecule has 1 aliphatic heterocycles. The lowest BCUT2D eigenvalue weighted by Crippen LogP contribution is -2.44. The molecule has 4 amide bonds. The van der Waals surface area contributed by atoms with Gasteiger partial charge in [0.25, 0.3) is 5.91 Å². The van der Waals surface area contributed by atoms with Gasteiger partial charge in [0.2, 0.25) is 5.91 Å². The molecule has 0 radical (unpaired) electrons. The Morgan fingerprint density at radius 3 is 2.61 bits per heavy atom. The van der Waals surface area contributed by atoms with Crippen LogP contribution in [0.2, 0.25) is 0 Å². The third-order valence-electron chi connectivity index (χ3n) is 3.70. The third kappa shape index (κ3) is 3.33. The molecule has 124 valence electrons. The van der Waals surface area contributed by atoms with Crippen molar-refractivity contribution in [2.75, 3.05) is 13.1 Å². The lowest BCUT2D eigenvalue weighted by molar-refractivity contribution is -0.134. The summed E-state index contributed by atoms with van der Waals surface area (Å²) in [4.78, 5) is 37.3. The zero-order valence-electron chi connectivity index (χ0n) is 13.4. The van der Waals surface area contributed by atoms with Crippen molar-refractivity contribution >= 4 is 17.8 Å². The predicted octanol–water partition coefficient (Wildman–Crippen LogP) is 1.36. The van der Waals surface area contributed by atoms with Crippen molar-refractivity contribution in [2.24, 2.45) is 5.92 Å². The molecular formula is C16H20FN3O3. The lowest BCUT2D eigenvalue weighted by atomic mass is 9.91. The Hall–Kier alpha value is -2.44. The second kappa shape index (κ2) is 6.36. The topological polar surface area (TPSA) is 78.5 Å². The predicted molar refractivity (Wildman–Crippen MR) is 81.8 cm³/mol. The summed E-state index contributed by atoms with van der Waals surface area (Å²) in [6, 6.07) is 5.04. The minimum absolute atomic E-state index is 0.0726. The van der Waals surface area contributed by atoms with E-state index >= 15 is 0 Å². The Bertz CT molecular complexity index is 647. The molecule has 0 aromatic heterocycles. The van der Waals surface area contributed by atoms with Gasteiger partial charge < -0.3 is 10.6 Å². The molecule has 6 nitrogen and oxygen atoms in total. The summed E-state index contributed by atoms with van der Waals surface area (Å²) in [6.45, 7) is 5.36. The van der Waals surface area contributed by atoms with Crippen molar-refractivity contribution in [3.63, 3.8) is 0 Å². The summed E-state index contributed by atoms with van der Waals surface area (Å²) in [5.41, 5.74) is -1.44. The summed E-state index contributed by atoms with van der Waals surface area (Å²) in [5.74, 6) is -1.41. The second-order valence-corrected chi connectivity index (χ2v) is 6.12. The van der Waals surface area contributed by atoms with Crippen molar-refractivity contribution in [1.29, 1.82) is 0 Å². The first-order chi connectivity index (χ1) is 10.8. The first kappa shape index (κ1) is 16.9. The van der Waals surface area contributed by atoms with Crippen LogP contribution in [0.5, 0.6) is 0 Å². The van der Waals surface area contributed by atoms with E-state index in [0.717, 1.165) is 4.90 Å². The third-order valence-corrected chi connectivity index (χ3v) is 3.70. The molecule has 0 bridgehead atoms. The highest BCUT2D eigenvalue weighted by Crippen LogP contribution is 2.30. The Morgan fingerprint density at radius 1 is 1.35 bits per heavy atom. The van der Waals surface area contributed by atoms with Crippen molar-refractivity contribution < 1.29 is 18.8 Å². The molecule has 7 heteroatoms. The fraction of sp³-hybridized carbons (Fsp3) is 0.438. The van der Waals surface area contributed by atoms with Crippen LogP contribution in [0.4, 0.5) is 9.18 Å². The molecule has 1 atom stereocenters. The van der Waals surface area contributed by atoms with Gasteiger partial charge in [-0.3, -0.25) is 14.5 Å². The van der Waals surface area contributed by atoms with Gasteiger partial charge in [0.1, 0.15) is 17.9 Å². The van der Waals surface area contributed by atoms with Gasteiger partial charge in [-0.15, -0.1) is 0 Å². The number of rotatable bonds is 5. The average Bonchev–Trinajstić information content (AvgIpc) is 2.70. The number of nitrogens with one attached hydrogen (secondary N) is 2. The monoisotopic (exact) mass is 321 g/mol. The molecule has 0 saturated carbocycles. The van der Waals surface area contributed by atoms with Crippen LogP contribution in [0.25, 0.3) is 0 Å². The largest absolute Gasteiger partial charge is 0.354 e. The number of carbonyl (C=O) groups excluding carboxylic acids is 3. The SMILES string of the molecule is CC(C)CNC(=O)CN1C(=O)N[C@](C)(c2ccccc2F)C1=O. The minimum Gasteiger partial charge on any atom is -0.354 e. The number of urea groups is 1. The van der Waals surface area contributed by atoms with Gasteiger partial charge in [0, 0.05) is 12.1 Å². The zero-order valence-corrected chi connectivity index (χ0v) is 13.4. The number of halogens is 1. The smallest absolute Gasteiger partial charge is 0.325 e. The van der Waals surface area contributed by atoms with Gasteiger partial charge in [-0.1, -0.05) is 32.0 Å². The maximum Gasteiger partial charge on any atom is 0.325 e. The Labute approximate surface area is 134 Å². The van der Waals surface area contributed by atoms with E-state index in [2.05, 4.69) is 10.6 Å². The van der Waals surface area contributed by atoms with Crippen molar-refractivity contribution in [1.82, 2.24) is 15.5 Å². The molecule has 1 saturated heterocycles. The normalized spacial score (nSPS) is 20.8. The summed E-state index contributed by atoms with van der Waals surface area (Å²) in [7, 11) is 0. The number of nitrogens with zero attached hydrogens (tertiary/aromatic N) is 1. The first-order valence-electron chi connectivity index (χ1n) is 7.41. The number of imide groups is 1. The average molecular weight is 321 g/mol. The molecule has 1 heterocycles. The van der Waals surface area contributed by atoms with Gasteiger partial charge in [-0.05, 0) is 18.9 Å². The quantitative estimate of drug-likeness (QED) is 0.804. The van der Waals surface area contributed by atoms with Gasteiger partial charge in [-0.2, -0.15) is 0 Å². The van der Waals surface area contributed by atoms with Crippen molar-refractivity contribution in [3.05, 3.63) is 35.6 Å². The summed E-state index contributed by atoms with van der Waals surface area (Å²) < 4.78 is 14.0. The van der Waals surface area contributed by atoms with Crippen molar-refractivity contribution in [2.45, 2.75) is 26.3 Å². The van der Waals surface area contributed by atoms with Crippen LogP contribution < -0.4 is 10.6 Å². The number of amides is 4. The van der Waals surface area contributed by atoms with E-state index in [4.69, 9.17) is 0 Å². The molecule has 1 aromatic carbocycles. The van der Waals surface area contributed by atoms with Crippen LogP contribution in [0.3, 0.4) is 0 Å².